The van der Waals surface area contributed by atoms with Crippen molar-refractivity contribution in [1.29, 1.82) is 0 Å². The minimum atomic E-state index is 0.768. The van der Waals surface area contributed by atoms with E-state index in [-0.39, 0.29) is 0 Å². The number of anilines is 2. The molecule has 1 heterocycles. The van der Waals surface area contributed by atoms with Crippen molar-refractivity contribution < 1.29 is 0 Å². The van der Waals surface area contributed by atoms with Gasteiger partial charge in [0.25, 0.3) is 0 Å². The van der Waals surface area contributed by atoms with Gasteiger partial charge in [-0.05, 0) is 43.7 Å². The highest BCUT2D eigenvalue weighted by Gasteiger charge is 2.27. The fraction of sp³-hybridized carbons (Fsp3) is 0.615. The van der Waals surface area contributed by atoms with E-state index >= 15 is 0 Å². The molecule has 0 bridgehead atoms. The van der Waals surface area contributed by atoms with Crippen LogP contribution in [0.4, 0.5) is 11.6 Å². The third-order valence-electron chi connectivity index (χ3n) is 3.14. The van der Waals surface area contributed by atoms with Crippen LogP contribution < -0.4 is 10.6 Å². The van der Waals surface area contributed by atoms with Crippen molar-refractivity contribution in [2.75, 3.05) is 23.7 Å². The van der Waals surface area contributed by atoms with E-state index in [4.69, 9.17) is 0 Å². The van der Waals surface area contributed by atoms with Gasteiger partial charge < -0.3 is 10.6 Å². The maximum atomic E-state index is 4.49. The molecule has 1 fully saturated rings. The second kappa shape index (κ2) is 5.19. The quantitative estimate of drug-likeness (QED) is 0.772. The van der Waals surface area contributed by atoms with E-state index in [1.807, 2.05) is 18.2 Å². The lowest BCUT2D eigenvalue weighted by atomic mass is 10.1. The largest absolute Gasteiger partial charge is 0.370 e. The number of pyridine rings is 1. The first-order valence-corrected chi connectivity index (χ1v) is 6.24. The average Bonchev–Trinajstić information content (AvgIpc) is 3.11. The van der Waals surface area contributed by atoms with E-state index < -0.39 is 0 Å². The molecule has 2 rings (SSSR count). The first-order chi connectivity index (χ1) is 7.79. The molecule has 1 aromatic heterocycles. The smallest absolute Gasteiger partial charge is 0.128 e. The lowest BCUT2D eigenvalue weighted by Crippen LogP contribution is -2.14. The zero-order valence-electron chi connectivity index (χ0n) is 10.2. The second-order valence-electron chi connectivity index (χ2n) is 4.63. The van der Waals surface area contributed by atoms with Gasteiger partial charge in [0.1, 0.15) is 11.6 Å². The topological polar surface area (TPSA) is 37.0 Å². The summed E-state index contributed by atoms with van der Waals surface area (Å²) < 4.78 is 0. The monoisotopic (exact) mass is 219 g/mol. The Kier molecular flexibility index (Phi) is 3.65. The van der Waals surface area contributed by atoms with Crippen LogP contribution >= 0.6 is 0 Å². The average molecular weight is 219 g/mol. The number of nitrogens with one attached hydrogen (secondary N) is 2. The summed E-state index contributed by atoms with van der Waals surface area (Å²) in [6.07, 6.45) is 2.82. The molecule has 0 aromatic carbocycles. The maximum Gasteiger partial charge on any atom is 0.128 e. The molecular weight excluding hydrogens is 198 g/mol. The Morgan fingerprint density at radius 1 is 1.31 bits per heavy atom. The van der Waals surface area contributed by atoms with E-state index in [2.05, 4.69) is 29.5 Å². The normalized spacial score (nSPS) is 16.9. The van der Waals surface area contributed by atoms with Crippen molar-refractivity contribution >= 4 is 11.6 Å². The molecule has 1 aliphatic carbocycles. The molecule has 16 heavy (non-hydrogen) atoms. The maximum absolute atomic E-state index is 4.49. The predicted octanol–water partition coefficient (Wildman–Crippen LogP) is 2.97. The lowest BCUT2D eigenvalue weighted by Gasteiger charge is -2.12. The van der Waals surface area contributed by atoms with Gasteiger partial charge >= 0.3 is 0 Å². The SMILES string of the molecule is CCNc1cccc(NCC(C)C2CC2)n1. The molecule has 2 N–H and O–H groups in total. The summed E-state index contributed by atoms with van der Waals surface area (Å²) in [6, 6.07) is 6.06. The third-order valence-corrected chi connectivity index (χ3v) is 3.14. The van der Waals surface area contributed by atoms with Crippen molar-refractivity contribution in [3.8, 4) is 0 Å². The van der Waals surface area contributed by atoms with Gasteiger partial charge in [-0.3, -0.25) is 0 Å². The Morgan fingerprint density at radius 2 is 2.00 bits per heavy atom. The van der Waals surface area contributed by atoms with Gasteiger partial charge in [0.05, 0.1) is 0 Å². The van der Waals surface area contributed by atoms with Gasteiger partial charge in [-0.15, -0.1) is 0 Å². The van der Waals surface area contributed by atoms with Crippen molar-refractivity contribution in [3.05, 3.63) is 18.2 Å². The van der Waals surface area contributed by atoms with Gasteiger partial charge in [-0.1, -0.05) is 13.0 Å². The van der Waals surface area contributed by atoms with Crippen LogP contribution in [0, 0.1) is 11.8 Å². The third kappa shape index (κ3) is 3.12. The van der Waals surface area contributed by atoms with Gasteiger partial charge in [0.2, 0.25) is 0 Å². The molecule has 1 aliphatic rings. The highest BCUT2D eigenvalue weighted by Crippen LogP contribution is 2.36. The molecule has 1 unspecified atom stereocenters. The number of hydrogen-bond donors (Lipinski definition) is 2. The number of rotatable bonds is 6. The Labute approximate surface area is 97.7 Å². The number of nitrogens with zero attached hydrogens (tertiary/aromatic N) is 1. The lowest BCUT2D eigenvalue weighted by molar-refractivity contribution is 0.536. The molecule has 0 saturated heterocycles. The van der Waals surface area contributed by atoms with Crippen LogP contribution in [0.15, 0.2) is 18.2 Å². The molecule has 3 heteroatoms. The minimum Gasteiger partial charge on any atom is -0.370 e. The van der Waals surface area contributed by atoms with Gasteiger partial charge in [-0.2, -0.15) is 0 Å². The zero-order valence-corrected chi connectivity index (χ0v) is 10.2. The summed E-state index contributed by atoms with van der Waals surface area (Å²) in [5.41, 5.74) is 0. The van der Waals surface area contributed by atoms with Crippen LogP contribution in [0.1, 0.15) is 26.7 Å². The van der Waals surface area contributed by atoms with E-state index in [0.29, 0.717) is 0 Å². The molecular formula is C13H21N3. The van der Waals surface area contributed by atoms with E-state index in [1.165, 1.54) is 12.8 Å². The summed E-state index contributed by atoms with van der Waals surface area (Å²) in [5.74, 6) is 3.64. The molecule has 3 nitrogen and oxygen atoms in total. The summed E-state index contributed by atoms with van der Waals surface area (Å²) in [7, 11) is 0. The van der Waals surface area contributed by atoms with Crippen LogP contribution in [0.5, 0.6) is 0 Å². The van der Waals surface area contributed by atoms with Crippen molar-refractivity contribution in [2.24, 2.45) is 11.8 Å². The van der Waals surface area contributed by atoms with Crippen LogP contribution in [-0.2, 0) is 0 Å². The van der Waals surface area contributed by atoms with Crippen LogP contribution in [0.2, 0.25) is 0 Å². The highest BCUT2D eigenvalue weighted by atomic mass is 15.1. The highest BCUT2D eigenvalue weighted by molar-refractivity contribution is 5.44. The standard InChI is InChI=1S/C13H21N3/c1-3-14-12-5-4-6-13(16-12)15-9-10(2)11-7-8-11/h4-6,10-11H,3,7-9H2,1-2H3,(H2,14,15,16). The molecule has 1 atom stereocenters. The van der Waals surface area contributed by atoms with E-state index in [1.54, 1.807) is 0 Å². The van der Waals surface area contributed by atoms with Crippen molar-refractivity contribution in [2.45, 2.75) is 26.7 Å². The minimum absolute atomic E-state index is 0.768. The zero-order chi connectivity index (χ0) is 11.4. The molecule has 88 valence electrons. The summed E-state index contributed by atoms with van der Waals surface area (Å²) in [5, 5.41) is 6.63. The van der Waals surface area contributed by atoms with E-state index in [9.17, 15) is 0 Å². The summed E-state index contributed by atoms with van der Waals surface area (Å²) in [4.78, 5) is 4.49. The van der Waals surface area contributed by atoms with Gasteiger partial charge in [0, 0.05) is 13.1 Å². The van der Waals surface area contributed by atoms with Gasteiger partial charge in [0.15, 0.2) is 0 Å². The molecule has 1 saturated carbocycles. The Bertz CT molecular complexity index is 334. The second-order valence-corrected chi connectivity index (χ2v) is 4.63. The van der Waals surface area contributed by atoms with Crippen LogP contribution in [0.3, 0.4) is 0 Å². The summed E-state index contributed by atoms with van der Waals surface area (Å²) >= 11 is 0. The van der Waals surface area contributed by atoms with Crippen molar-refractivity contribution in [1.82, 2.24) is 4.98 Å². The van der Waals surface area contributed by atoms with Crippen LogP contribution in [0.25, 0.3) is 0 Å². The molecule has 0 spiro atoms. The summed E-state index contributed by atoms with van der Waals surface area (Å²) in [6.45, 7) is 6.35. The fourth-order valence-electron chi connectivity index (χ4n) is 1.91. The van der Waals surface area contributed by atoms with E-state index in [0.717, 1.165) is 36.6 Å². The Balaban J connectivity index is 1.85. The fourth-order valence-corrected chi connectivity index (χ4v) is 1.91. The Morgan fingerprint density at radius 3 is 2.62 bits per heavy atom. The number of aromatic nitrogens is 1. The predicted molar refractivity (Wildman–Crippen MR) is 68.8 cm³/mol. The molecule has 0 amide bonds. The van der Waals surface area contributed by atoms with Gasteiger partial charge in [-0.25, -0.2) is 4.98 Å². The first kappa shape index (κ1) is 11.2. The van der Waals surface area contributed by atoms with Crippen LogP contribution in [-0.4, -0.2) is 18.1 Å². The molecule has 0 radical (unpaired) electrons. The van der Waals surface area contributed by atoms with Crippen molar-refractivity contribution in [3.63, 3.8) is 0 Å². The Hall–Kier alpha value is -1.25. The first-order valence-electron chi connectivity index (χ1n) is 6.24. The molecule has 0 aliphatic heterocycles. The number of hydrogen-bond acceptors (Lipinski definition) is 3. The molecule has 1 aromatic rings.